The van der Waals surface area contributed by atoms with E-state index in [2.05, 4.69) is 76.1 Å². The summed E-state index contributed by atoms with van der Waals surface area (Å²) in [6.07, 6.45) is -5.12. The van der Waals surface area contributed by atoms with Crippen LogP contribution in [0.4, 0.5) is 5.69 Å². The fraction of sp³-hybridized carbons (Fsp3) is 0.509. The molecule has 2 saturated heterocycles. The van der Waals surface area contributed by atoms with Crippen molar-refractivity contribution in [2.24, 2.45) is 11.8 Å². The van der Waals surface area contributed by atoms with Gasteiger partial charge < -0.3 is 88.2 Å². The number of aliphatic hydroxyl groups excluding tert-OH is 3. The Labute approximate surface area is 529 Å². The zero-order valence-corrected chi connectivity index (χ0v) is 51.7. The molecule has 0 aliphatic carbocycles. The van der Waals surface area contributed by atoms with Crippen LogP contribution >= 0.6 is 12.6 Å². The first-order valence-corrected chi connectivity index (χ1v) is 31.0. The molecule has 13 atom stereocenters. The maximum Gasteiger partial charge on any atom is 0.295 e. The van der Waals surface area contributed by atoms with Crippen LogP contribution in [0.3, 0.4) is 0 Å². The van der Waals surface area contributed by atoms with Crippen LogP contribution in [0.1, 0.15) is 70.9 Å². The predicted molar refractivity (Wildman–Crippen MR) is 323 cm³/mol. The van der Waals surface area contributed by atoms with Gasteiger partial charge in [-0.2, -0.15) is 12.6 Å². The molecular weight excluding hydrogens is 1230 g/mol. The molecule has 492 valence electrons. The van der Waals surface area contributed by atoms with E-state index in [4.69, 9.17) is 0 Å². The Kier molecular flexibility index (Phi) is 24.0. The van der Waals surface area contributed by atoms with Gasteiger partial charge in [-0.1, -0.05) is 57.5 Å². The second-order valence-corrected chi connectivity index (χ2v) is 24.6. The zero-order valence-electron chi connectivity index (χ0n) is 50.0. The number of fused-ring (bicyclic) bond motifs is 4. The number of likely N-dealkylation sites (tertiary alicyclic amines) is 1. The monoisotopic (exact) mass is 1310 g/mol. The lowest BCUT2D eigenvalue weighted by Gasteiger charge is -2.32. The van der Waals surface area contributed by atoms with E-state index in [0.717, 1.165) is 9.80 Å². The van der Waals surface area contributed by atoms with E-state index in [1.165, 1.54) is 38.1 Å². The lowest BCUT2D eigenvalue weighted by Crippen LogP contribution is -2.62. The number of carbonyl (C=O) groups is 14. The number of thiol groups is 1. The van der Waals surface area contributed by atoms with Gasteiger partial charge in [0.15, 0.2) is 0 Å². The topological polar surface area (TPSA) is 477 Å². The number of amides is 14. The van der Waals surface area contributed by atoms with Crippen LogP contribution in [0.2, 0.25) is 0 Å². The number of hydrogen-bond donors (Lipinski definition) is 16. The van der Waals surface area contributed by atoms with E-state index in [-0.39, 0.29) is 53.1 Å². The lowest BCUT2D eigenvalue weighted by atomic mass is 9.93. The van der Waals surface area contributed by atoms with Crippen LogP contribution in [-0.2, 0) is 91.3 Å². The summed E-state index contributed by atoms with van der Waals surface area (Å²) in [6.45, 7) is 1.91. The number of H-pyrrole nitrogens is 1. The summed E-state index contributed by atoms with van der Waals surface area (Å²) < 4.78 is 15.3. The van der Waals surface area contributed by atoms with Gasteiger partial charge in [-0.3, -0.25) is 72.0 Å². The van der Waals surface area contributed by atoms with Crippen molar-refractivity contribution in [2.45, 2.75) is 137 Å². The molecule has 4 aliphatic heterocycles. The molecule has 2 fully saturated rings. The molecule has 14 amide bonds. The van der Waals surface area contributed by atoms with Crippen molar-refractivity contribution < 1.29 is 87.0 Å². The second kappa shape index (κ2) is 31.4. The highest BCUT2D eigenvalue weighted by molar-refractivity contribution is 7.92. The van der Waals surface area contributed by atoms with Gasteiger partial charge in [0.05, 0.1) is 50.1 Å². The van der Waals surface area contributed by atoms with Crippen molar-refractivity contribution >= 4 is 123 Å². The van der Waals surface area contributed by atoms with Crippen molar-refractivity contribution in [1.29, 1.82) is 0 Å². The number of anilines is 1. The van der Waals surface area contributed by atoms with Crippen molar-refractivity contribution in [3.63, 3.8) is 0 Å². The number of nitrogens with zero attached hydrogens (tertiary/aromatic N) is 2. The van der Waals surface area contributed by atoms with Crippen LogP contribution in [0.5, 0.6) is 0 Å². The third kappa shape index (κ3) is 17.8. The molecule has 0 saturated carbocycles. The van der Waals surface area contributed by atoms with Gasteiger partial charge in [-0.15, -0.1) is 0 Å². The number of hydrogen-bond acceptors (Lipinski definition) is 19. The van der Waals surface area contributed by atoms with Gasteiger partial charge in [0.25, 0.3) is 11.3 Å². The number of nitrogens with one attached hydrogen (secondary N) is 12. The summed E-state index contributed by atoms with van der Waals surface area (Å²) in [6, 6.07) is 2.56. The maximum absolute atomic E-state index is 15.3. The molecule has 5 heterocycles. The van der Waals surface area contributed by atoms with Crippen LogP contribution in [0.15, 0.2) is 53.6 Å². The Morgan fingerprint density at radius 2 is 1.45 bits per heavy atom. The summed E-state index contributed by atoms with van der Waals surface area (Å²) in [7, 11) is 0. The third-order valence-electron chi connectivity index (χ3n) is 15.9. The number of rotatable bonds is 17. The summed E-state index contributed by atoms with van der Waals surface area (Å²) in [5.41, 5.74) is 0.960. The van der Waals surface area contributed by atoms with Crippen molar-refractivity contribution in [3.8, 4) is 0 Å². The summed E-state index contributed by atoms with van der Waals surface area (Å²) >= 11 is 1.24. The molecule has 2 aromatic carbocycles. The first kappa shape index (κ1) is 69.8. The van der Waals surface area contributed by atoms with E-state index < -0.39 is 217 Å². The molecule has 2 bridgehead atoms. The smallest absolute Gasteiger partial charge is 0.295 e. The Hall–Kier alpha value is -8.70. The molecule has 0 radical (unpaired) electrons. The summed E-state index contributed by atoms with van der Waals surface area (Å²) in [4.78, 5) is 196. The number of aliphatic hydroxyl groups is 3. The van der Waals surface area contributed by atoms with E-state index >= 15 is 4.55 Å². The minimum atomic E-state index is -2.80. The highest BCUT2D eigenvalue weighted by Gasteiger charge is 2.47. The molecule has 12 unspecified atom stereocenters. The molecule has 1 aromatic heterocycles. The lowest BCUT2D eigenvalue weighted by molar-refractivity contribution is -0.144. The van der Waals surface area contributed by atoms with Gasteiger partial charge in [0, 0.05) is 84.6 Å². The maximum atomic E-state index is 15.3. The second-order valence-electron chi connectivity index (χ2n) is 22.5. The van der Waals surface area contributed by atoms with Crippen molar-refractivity contribution in [1.82, 2.24) is 68.0 Å². The highest BCUT2D eigenvalue weighted by Crippen LogP contribution is 2.31. The number of carbonyl (C=O) groups excluding carboxylic acids is 14. The van der Waals surface area contributed by atoms with Crippen LogP contribution in [0, 0.1) is 11.8 Å². The molecule has 32 nitrogen and oxygen atoms in total. The van der Waals surface area contributed by atoms with Crippen LogP contribution in [0.25, 0.3) is 10.9 Å². The molecular formula is C57H74N14O18S2. The number of aromatic nitrogens is 1. The molecule has 91 heavy (non-hydrogen) atoms. The third-order valence-corrected chi connectivity index (χ3v) is 17.8. The van der Waals surface area contributed by atoms with Crippen molar-refractivity contribution in [2.75, 3.05) is 44.6 Å². The van der Waals surface area contributed by atoms with Gasteiger partial charge in [0.1, 0.15) is 36.3 Å². The quantitative estimate of drug-likeness (QED) is 0.0340. The summed E-state index contributed by atoms with van der Waals surface area (Å²) in [5, 5.41) is 56.2. The SMILES string of the molecule is CCC(C)C1NC(=O)CNC(=O)C2Cc3c([nH]c4ccccc34)[S+]([O-])C(NC(=O)CNC1=O)C(=O)NC(CC(=O)NCc1ccc(NC(=O)[C@H](C)NC(=O)CNC(=O)CCN3C(=O)CC(S)C3=O)cc1)C(=O)N1CC(O)CC1C(=O)NC(C(C)C(O)CO)C(=O)N2. The first-order valence-electron chi connectivity index (χ1n) is 29.3. The number of para-hydroxylation sites is 1. The Morgan fingerprint density at radius 3 is 2.12 bits per heavy atom. The number of aromatic amines is 1. The standard InChI is InChI=1S/C57H74N14O18S2/c1-5-26(2)46-51(84)61-23-44(79)68-55-53(86)65-36(18-41(76)58-20-29-10-12-30(13-11-29)63-48(81)28(4)62-42(77)21-59-40(75)14-15-70-45(80)19-39(90)57(70)88)56(87)71-24-31(73)16-37(71)50(83)69-47(27(3)38(74)25-72)52(85)64-35(49(82)60-22-43(78)67-46)17-33-32-8-6-7-9-34(32)66-54(33)91(55)89/h6-13,26-28,31,35-39,46-47,55,66,72-74,90H,5,14-25H2,1-4H3,(H,58,76)(H,59,75)(H,60,82)(H,61,84)(H,62,77)(H,63,81)(H,64,85)(H,65,86)(H,67,78)(H,68,79)(H,69,83)/t26?,27?,28-,31?,35?,36?,37?,38?,39?,46?,47?,55?,91?/m0/s1. The Balaban J connectivity index is 1.15. The Morgan fingerprint density at radius 1 is 0.769 bits per heavy atom. The first-order chi connectivity index (χ1) is 43.2. The fourth-order valence-corrected chi connectivity index (χ4v) is 12.1. The molecule has 0 spiro atoms. The Bertz CT molecular complexity index is 3320. The average molecular weight is 1310 g/mol. The van der Waals surface area contributed by atoms with Gasteiger partial charge in [-0.25, -0.2) is 0 Å². The van der Waals surface area contributed by atoms with Crippen LogP contribution < -0.4 is 58.5 Å². The molecule has 3 aromatic rings. The molecule has 7 rings (SSSR count). The van der Waals surface area contributed by atoms with Gasteiger partial charge in [-0.05, 0) is 36.6 Å². The highest BCUT2D eigenvalue weighted by atomic mass is 32.2. The average Bonchev–Trinajstić information content (AvgIpc) is 2.09. The van der Waals surface area contributed by atoms with Gasteiger partial charge >= 0.3 is 0 Å². The number of benzene rings is 2. The predicted octanol–water partition coefficient (Wildman–Crippen LogP) is -5.83. The fourth-order valence-electron chi connectivity index (χ4n) is 10.4. The van der Waals surface area contributed by atoms with Crippen molar-refractivity contribution in [3.05, 3.63) is 59.7 Å². The summed E-state index contributed by atoms with van der Waals surface area (Å²) in [5.74, 6) is -14.5. The molecule has 4 aliphatic rings. The van der Waals surface area contributed by atoms with E-state index in [1.807, 2.05) is 0 Å². The van der Waals surface area contributed by atoms with E-state index in [9.17, 15) is 82.4 Å². The van der Waals surface area contributed by atoms with E-state index in [0.29, 0.717) is 12.0 Å². The normalized spacial score (nSPS) is 25.3. The van der Waals surface area contributed by atoms with Gasteiger partial charge in [0.2, 0.25) is 81.8 Å². The molecule has 34 heteroatoms. The number of imide groups is 1. The molecule has 15 N–H and O–H groups in total. The minimum Gasteiger partial charge on any atom is -0.608 e. The van der Waals surface area contributed by atoms with Crippen LogP contribution in [-0.4, -0.2) is 216 Å². The van der Waals surface area contributed by atoms with E-state index in [1.54, 1.807) is 38.1 Å². The zero-order chi connectivity index (χ0) is 66.5. The minimum absolute atomic E-state index is 0.0173. The largest absolute Gasteiger partial charge is 0.608 e.